The first-order valence-corrected chi connectivity index (χ1v) is 5.77. The monoisotopic (exact) mass is 242 g/mol. The molecule has 0 aromatic heterocycles. The van der Waals surface area contributed by atoms with Gasteiger partial charge in [-0.25, -0.2) is 4.79 Å². The van der Waals surface area contributed by atoms with Crippen molar-refractivity contribution in [1.82, 2.24) is 0 Å². The quantitative estimate of drug-likeness (QED) is 0.571. The molecule has 0 spiro atoms. The minimum absolute atomic E-state index is 0.0631. The normalized spacial score (nSPS) is 14.2. The Kier molecular flexibility index (Phi) is 4.66. The molecule has 0 aromatic rings. The van der Waals surface area contributed by atoms with Gasteiger partial charge in [-0.15, -0.1) is 0 Å². The summed E-state index contributed by atoms with van der Waals surface area (Å²) in [5.41, 5.74) is -0.546. The van der Waals surface area contributed by atoms with Crippen molar-refractivity contribution in [2.24, 2.45) is 0 Å². The molecule has 0 heterocycles. The molecule has 1 N–H and O–H groups in total. The number of Topliss-reactive ketones (excluding diaryl/α,β-unsaturated/α-hetero) is 1. The summed E-state index contributed by atoms with van der Waals surface area (Å²) in [6, 6.07) is -0.376. The number of rotatable bonds is 6. The first kappa shape index (κ1) is 15.8. The Morgan fingerprint density at radius 3 is 2.00 bits per heavy atom. The van der Waals surface area contributed by atoms with Gasteiger partial charge < -0.3 is 9.59 Å². The summed E-state index contributed by atoms with van der Waals surface area (Å²) in [4.78, 5) is 23.4. The van der Waals surface area contributed by atoms with Crippen LogP contribution in [0.2, 0.25) is 0 Å². The second-order valence-electron chi connectivity index (χ2n) is 5.47. The lowest BCUT2D eigenvalue weighted by molar-refractivity contribution is -0.942. The molecule has 0 rings (SSSR count). The van der Waals surface area contributed by atoms with E-state index in [-0.39, 0.29) is 16.3 Å². The number of hydrogen-bond acceptors (Lipinski definition) is 2. The van der Waals surface area contributed by atoms with Crippen LogP contribution in [-0.2, 0) is 9.59 Å². The average molecular weight is 242 g/mol. The maximum atomic E-state index is 12.1. The molecular weight excluding hydrogens is 218 g/mol. The van der Waals surface area contributed by atoms with Crippen LogP contribution in [0, 0.1) is 0 Å². The molecular formula is C13H24NO3+. The smallest absolute Gasteiger partial charge is 0.365 e. The van der Waals surface area contributed by atoms with Gasteiger partial charge in [-0.1, -0.05) is 13.5 Å². The fourth-order valence-electron chi connectivity index (χ4n) is 1.86. The van der Waals surface area contributed by atoms with Crippen LogP contribution in [0.4, 0.5) is 0 Å². The van der Waals surface area contributed by atoms with E-state index in [0.29, 0.717) is 12.0 Å². The van der Waals surface area contributed by atoms with Crippen LogP contribution in [0.5, 0.6) is 0 Å². The van der Waals surface area contributed by atoms with Gasteiger partial charge in [0.15, 0.2) is 11.6 Å². The predicted octanol–water partition coefficient (Wildman–Crippen LogP) is 1.85. The number of carbonyl (C=O) groups is 2. The van der Waals surface area contributed by atoms with E-state index < -0.39 is 11.5 Å². The topological polar surface area (TPSA) is 54.4 Å². The van der Waals surface area contributed by atoms with Crippen LogP contribution in [0.25, 0.3) is 0 Å². The molecule has 0 aromatic carbocycles. The van der Waals surface area contributed by atoms with E-state index in [4.69, 9.17) is 0 Å². The minimum atomic E-state index is -1.02. The van der Waals surface area contributed by atoms with Crippen molar-refractivity contribution in [3.8, 4) is 0 Å². The van der Waals surface area contributed by atoms with Crippen molar-refractivity contribution in [2.75, 3.05) is 14.1 Å². The maximum Gasteiger partial charge on any atom is 0.365 e. The SMILES string of the molecule is C=C(C)C(=O)C(CC)[N+](C)(C)C(C)(C)C(=O)O. The number of carboxylic acids is 1. The summed E-state index contributed by atoms with van der Waals surface area (Å²) in [6.07, 6.45) is 0.593. The zero-order chi connectivity index (χ0) is 14.0. The van der Waals surface area contributed by atoms with Gasteiger partial charge in [0.05, 0.1) is 14.1 Å². The number of hydrogen-bond donors (Lipinski definition) is 1. The average Bonchev–Trinajstić information content (AvgIpc) is 2.17. The molecule has 17 heavy (non-hydrogen) atoms. The highest BCUT2D eigenvalue weighted by atomic mass is 16.4. The highest BCUT2D eigenvalue weighted by Gasteiger charge is 2.50. The highest BCUT2D eigenvalue weighted by molar-refractivity contribution is 5.97. The molecule has 0 amide bonds. The van der Waals surface area contributed by atoms with E-state index in [1.165, 1.54) is 0 Å². The van der Waals surface area contributed by atoms with Gasteiger partial charge in [0.25, 0.3) is 0 Å². The van der Waals surface area contributed by atoms with Gasteiger partial charge in [0.1, 0.15) is 0 Å². The van der Waals surface area contributed by atoms with E-state index >= 15 is 0 Å². The summed E-state index contributed by atoms with van der Waals surface area (Å²) in [5, 5.41) is 9.29. The summed E-state index contributed by atoms with van der Waals surface area (Å²) in [7, 11) is 3.56. The van der Waals surface area contributed by atoms with Crippen molar-refractivity contribution in [1.29, 1.82) is 0 Å². The number of likely N-dealkylation sites (N-methyl/N-ethyl adjacent to an activating group) is 1. The maximum absolute atomic E-state index is 12.1. The largest absolute Gasteiger partial charge is 0.477 e. The predicted molar refractivity (Wildman–Crippen MR) is 67.7 cm³/mol. The molecule has 0 fully saturated rings. The van der Waals surface area contributed by atoms with Gasteiger partial charge in [-0.3, -0.25) is 4.79 Å². The van der Waals surface area contributed by atoms with E-state index in [2.05, 4.69) is 6.58 Å². The molecule has 0 aliphatic rings. The van der Waals surface area contributed by atoms with Crippen molar-refractivity contribution in [3.05, 3.63) is 12.2 Å². The third-order valence-electron chi connectivity index (χ3n) is 3.85. The summed E-state index contributed by atoms with van der Waals surface area (Å²) in [5.74, 6) is -0.970. The lowest BCUT2D eigenvalue weighted by Crippen LogP contribution is -2.67. The Hall–Kier alpha value is -1.16. The Labute approximate surface area is 104 Å². The van der Waals surface area contributed by atoms with Gasteiger partial charge in [0.2, 0.25) is 5.78 Å². The first-order chi connectivity index (χ1) is 7.50. The standard InChI is InChI=1S/C13H23NO3/c1-8-10(11(15)9(2)3)14(6,7)13(4,5)12(16)17/h10H,2,8H2,1,3-7H3/p+1. The van der Waals surface area contributed by atoms with E-state index in [0.717, 1.165) is 0 Å². The van der Waals surface area contributed by atoms with Crippen molar-refractivity contribution in [3.63, 3.8) is 0 Å². The Morgan fingerprint density at radius 1 is 1.35 bits per heavy atom. The number of ketones is 1. The highest BCUT2D eigenvalue weighted by Crippen LogP contribution is 2.27. The van der Waals surface area contributed by atoms with Crippen LogP contribution >= 0.6 is 0 Å². The fourth-order valence-corrected chi connectivity index (χ4v) is 1.86. The summed E-state index contributed by atoms with van der Waals surface area (Å²) in [6.45, 7) is 10.5. The molecule has 0 aliphatic heterocycles. The molecule has 4 heteroatoms. The molecule has 1 atom stereocenters. The molecule has 98 valence electrons. The Balaban J connectivity index is 5.48. The molecule has 0 saturated heterocycles. The summed E-state index contributed by atoms with van der Waals surface area (Å²) >= 11 is 0. The van der Waals surface area contributed by atoms with E-state index in [1.54, 1.807) is 34.9 Å². The summed E-state index contributed by atoms with van der Waals surface area (Å²) < 4.78 is 0.116. The minimum Gasteiger partial charge on any atom is -0.477 e. The van der Waals surface area contributed by atoms with Crippen LogP contribution in [-0.4, -0.2) is 47.0 Å². The molecule has 0 radical (unpaired) electrons. The third-order valence-corrected chi connectivity index (χ3v) is 3.85. The van der Waals surface area contributed by atoms with Crippen LogP contribution in [0.3, 0.4) is 0 Å². The second-order valence-corrected chi connectivity index (χ2v) is 5.47. The zero-order valence-electron chi connectivity index (χ0n) is 11.7. The zero-order valence-corrected chi connectivity index (χ0v) is 11.7. The number of aliphatic carboxylic acids is 1. The lowest BCUT2D eigenvalue weighted by Gasteiger charge is -2.46. The van der Waals surface area contributed by atoms with E-state index in [9.17, 15) is 14.7 Å². The fraction of sp³-hybridized carbons (Fsp3) is 0.692. The van der Waals surface area contributed by atoms with Crippen LogP contribution in [0.1, 0.15) is 34.1 Å². The molecule has 0 bridgehead atoms. The molecule has 1 unspecified atom stereocenters. The number of carbonyl (C=O) groups excluding carboxylic acids is 1. The van der Waals surface area contributed by atoms with Gasteiger partial charge >= 0.3 is 5.97 Å². The number of nitrogens with zero attached hydrogens (tertiary/aromatic N) is 1. The van der Waals surface area contributed by atoms with Crippen molar-refractivity contribution >= 4 is 11.8 Å². The first-order valence-electron chi connectivity index (χ1n) is 5.77. The molecule has 0 saturated carbocycles. The van der Waals surface area contributed by atoms with E-state index in [1.807, 2.05) is 6.92 Å². The third kappa shape index (κ3) is 2.75. The lowest BCUT2D eigenvalue weighted by atomic mass is 9.92. The van der Waals surface area contributed by atoms with Crippen molar-refractivity contribution in [2.45, 2.75) is 45.7 Å². The van der Waals surface area contributed by atoms with Crippen molar-refractivity contribution < 1.29 is 19.2 Å². The second kappa shape index (κ2) is 5.00. The Morgan fingerprint density at radius 2 is 1.76 bits per heavy atom. The molecule has 0 aliphatic carbocycles. The molecule has 4 nitrogen and oxygen atoms in total. The number of quaternary nitrogens is 1. The van der Waals surface area contributed by atoms with Gasteiger partial charge in [0, 0.05) is 20.3 Å². The van der Waals surface area contributed by atoms with Gasteiger partial charge in [-0.2, -0.15) is 0 Å². The van der Waals surface area contributed by atoms with Crippen LogP contribution < -0.4 is 0 Å². The van der Waals surface area contributed by atoms with Gasteiger partial charge in [-0.05, 0) is 12.5 Å². The Bertz CT molecular complexity index is 343. The van der Waals surface area contributed by atoms with Crippen LogP contribution in [0.15, 0.2) is 12.2 Å². The number of carboxylic acid groups (broad SMARTS) is 1.